The van der Waals surface area contributed by atoms with Crippen molar-refractivity contribution in [2.75, 3.05) is 51.8 Å². The second-order valence-corrected chi connectivity index (χ2v) is 5.46. The van der Waals surface area contributed by atoms with Gasteiger partial charge in [0.2, 0.25) is 0 Å². The first-order chi connectivity index (χ1) is 9.13. The summed E-state index contributed by atoms with van der Waals surface area (Å²) in [5, 5.41) is 3.93. The topological polar surface area (TPSA) is 18.5 Å². The van der Waals surface area contributed by atoms with Crippen molar-refractivity contribution in [3.63, 3.8) is 0 Å². The van der Waals surface area contributed by atoms with E-state index in [2.05, 4.69) is 10.2 Å². The van der Waals surface area contributed by atoms with E-state index in [1.807, 2.05) is 37.2 Å². The fraction of sp³-hybridized carbons (Fsp3) is 0.571. The molecule has 3 nitrogen and oxygen atoms in total. The van der Waals surface area contributed by atoms with Crippen LogP contribution in [0, 0.1) is 0 Å². The van der Waals surface area contributed by atoms with Crippen LogP contribution in [0.15, 0.2) is 18.2 Å². The lowest BCUT2D eigenvalue weighted by atomic mass is 10.0. The largest absolute Gasteiger partial charge is 0.378 e. The van der Waals surface area contributed by atoms with Gasteiger partial charge in [0.05, 0.1) is 6.04 Å². The molecule has 5 heteroatoms. The number of hydrogen-bond donors (Lipinski definition) is 1. The van der Waals surface area contributed by atoms with Crippen molar-refractivity contribution in [3.8, 4) is 0 Å². The Morgan fingerprint density at radius 2 is 2.05 bits per heavy atom. The average molecular weight is 286 g/mol. The minimum absolute atomic E-state index is 0.231. The first-order valence-corrected chi connectivity index (χ1v) is 6.98. The van der Waals surface area contributed by atoms with Gasteiger partial charge >= 0.3 is 0 Å². The number of hydrogen-bond acceptors (Lipinski definition) is 3. The van der Waals surface area contributed by atoms with Crippen molar-refractivity contribution in [1.29, 1.82) is 0 Å². The average Bonchev–Trinajstić information content (AvgIpc) is 2.42. The van der Waals surface area contributed by atoms with E-state index in [0.717, 1.165) is 37.4 Å². The molecule has 1 aromatic rings. The molecule has 0 bridgehead atoms. The van der Waals surface area contributed by atoms with Gasteiger partial charge in [0.25, 0.3) is 0 Å². The van der Waals surface area contributed by atoms with Crippen molar-refractivity contribution < 1.29 is 4.39 Å². The van der Waals surface area contributed by atoms with Crippen molar-refractivity contribution >= 4 is 17.3 Å². The lowest BCUT2D eigenvalue weighted by Crippen LogP contribution is -2.45. The minimum atomic E-state index is -0.402. The van der Waals surface area contributed by atoms with Crippen LogP contribution >= 0.6 is 11.6 Å². The second kappa shape index (κ2) is 6.55. The fourth-order valence-electron chi connectivity index (χ4n) is 2.44. The smallest absolute Gasteiger partial charge is 0.109 e. The Morgan fingerprint density at radius 1 is 1.37 bits per heavy atom. The number of nitrogens with one attached hydrogen (secondary N) is 1. The SMILES string of the molecule is CN(C)c1ccc([C@H](CF)N2CCNCC2)c(Cl)c1. The predicted octanol–water partition coefficient (Wildman–Crippen LogP) is 2.32. The molecule has 0 aromatic heterocycles. The third kappa shape index (κ3) is 3.38. The van der Waals surface area contributed by atoms with Crippen LogP contribution in [0.25, 0.3) is 0 Å². The molecular formula is C14H21ClFN3. The van der Waals surface area contributed by atoms with E-state index in [9.17, 15) is 4.39 Å². The van der Waals surface area contributed by atoms with E-state index in [4.69, 9.17) is 11.6 Å². The van der Waals surface area contributed by atoms with Crippen LogP contribution < -0.4 is 10.2 Å². The van der Waals surface area contributed by atoms with E-state index in [0.29, 0.717) is 5.02 Å². The van der Waals surface area contributed by atoms with Crippen LogP contribution in [0.5, 0.6) is 0 Å². The molecule has 0 amide bonds. The third-order valence-electron chi connectivity index (χ3n) is 3.60. The molecule has 1 N–H and O–H groups in total. The molecule has 0 aliphatic carbocycles. The van der Waals surface area contributed by atoms with Gasteiger partial charge in [0.1, 0.15) is 6.67 Å². The standard InChI is InChI=1S/C14H21ClFN3/c1-18(2)11-3-4-12(13(15)9-11)14(10-16)19-7-5-17-6-8-19/h3-4,9,14,17H,5-8,10H2,1-2H3/t14-/m0/s1. The molecule has 1 aromatic carbocycles. The van der Waals surface area contributed by atoms with Gasteiger partial charge in [-0.3, -0.25) is 4.90 Å². The van der Waals surface area contributed by atoms with Crippen LogP contribution in [0.3, 0.4) is 0 Å². The molecule has 1 heterocycles. The normalized spacial score (nSPS) is 18.3. The predicted molar refractivity (Wildman–Crippen MR) is 78.9 cm³/mol. The van der Waals surface area contributed by atoms with Crippen LogP contribution in [-0.2, 0) is 0 Å². The zero-order valence-electron chi connectivity index (χ0n) is 11.5. The highest BCUT2D eigenvalue weighted by molar-refractivity contribution is 6.31. The Kier molecular flexibility index (Phi) is 5.02. The molecule has 0 radical (unpaired) electrons. The van der Waals surface area contributed by atoms with Gasteiger partial charge in [-0.15, -0.1) is 0 Å². The minimum Gasteiger partial charge on any atom is -0.378 e. The molecule has 1 fully saturated rings. The number of alkyl halides is 1. The number of benzene rings is 1. The van der Waals surface area contributed by atoms with Crippen molar-refractivity contribution in [2.45, 2.75) is 6.04 Å². The van der Waals surface area contributed by atoms with Crippen molar-refractivity contribution in [1.82, 2.24) is 10.2 Å². The van der Waals surface area contributed by atoms with Crippen molar-refractivity contribution in [3.05, 3.63) is 28.8 Å². The highest BCUT2D eigenvalue weighted by Gasteiger charge is 2.24. The van der Waals surface area contributed by atoms with Gasteiger partial charge in [-0.1, -0.05) is 17.7 Å². The number of piperazine rings is 1. The molecule has 1 atom stereocenters. The van der Waals surface area contributed by atoms with E-state index >= 15 is 0 Å². The van der Waals surface area contributed by atoms with E-state index in [-0.39, 0.29) is 6.04 Å². The maximum absolute atomic E-state index is 13.4. The second-order valence-electron chi connectivity index (χ2n) is 5.06. The zero-order chi connectivity index (χ0) is 13.8. The summed E-state index contributed by atoms with van der Waals surface area (Å²) in [4.78, 5) is 4.15. The Hall–Kier alpha value is -0.840. The number of halogens is 2. The lowest BCUT2D eigenvalue weighted by molar-refractivity contribution is 0.147. The van der Waals surface area contributed by atoms with E-state index < -0.39 is 6.67 Å². The number of nitrogens with zero attached hydrogens (tertiary/aromatic N) is 2. The van der Waals surface area contributed by atoms with Gasteiger partial charge in [0.15, 0.2) is 0 Å². The van der Waals surface area contributed by atoms with Crippen LogP contribution in [0.1, 0.15) is 11.6 Å². The lowest BCUT2D eigenvalue weighted by Gasteiger charge is -2.34. The summed E-state index contributed by atoms with van der Waals surface area (Å²) < 4.78 is 13.4. The Bertz CT molecular complexity index is 419. The molecule has 1 saturated heterocycles. The summed E-state index contributed by atoms with van der Waals surface area (Å²) in [7, 11) is 3.93. The molecule has 0 spiro atoms. The summed E-state index contributed by atoms with van der Waals surface area (Å²) >= 11 is 6.33. The van der Waals surface area contributed by atoms with Crippen LogP contribution in [-0.4, -0.2) is 51.8 Å². The van der Waals surface area contributed by atoms with Crippen LogP contribution in [0.2, 0.25) is 5.02 Å². The quantitative estimate of drug-likeness (QED) is 0.916. The van der Waals surface area contributed by atoms with Gasteiger partial charge in [0, 0.05) is 51.0 Å². The van der Waals surface area contributed by atoms with Gasteiger partial charge in [-0.05, 0) is 17.7 Å². The maximum Gasteiger partial charge on any atom is 0.109 e. The monoisotopic (exact) mass is 285 g/mol. The summed E-state index contributed by atoms with van der Waals surface area (Å²) in [5.41, 5.74) is 1.92. The molecule has 19 heavy (non-hydrogen) atoms. The molecule has 2 rings (SSSR count). The van der Waals surface area contributed by atoms with Gasteiger partial charge in [-0.2, -0.15) is 0 Å². The highest BCUT2D eigenvalue weighted by atomic mass is 35.5. The first-order valence-electron chi connectivity index (χ1n) is 6.61. The highest BCUT2D eigenvalue weighted by Crippen LogP contribution is 2.31. The third-order valence-corrected chi connectivity index (χ3v) is 3.93. The zero-order valence-corrected chi connectivity index (χ0v) is 12.3. The molecule has 1 aliphatic rings. The summed E-state index contributed by atoms with van der Waals surface area (Å²) in [6.45, 7) is 3.13. The summed E-state index contributed by atoms with van der Waals surface area (Å²) in [6, 6.07) is 5.61. The fourth-order valence-corrected chi connectivity index (χ4v) is 2.74. The molecule has 0 unspecified atom stereocenters. The van der Waals surface area contributed by atoms with Crippen LogP contribution in [0.4, 0.5) is 10.1 Å². The number of rotatable bonds is 4. The maximum atomic E-state index is 13.4. The molecule has 1 aliphatic heterocycles. The van der Waals surface area contributed by atoms with E-state index in [1.54, 1.807) is 0 Å². The molecule has 106 valence electrons. The van der Waals surface area contributed by atoms with E-state index in [1.165, 1.54) is 0 Å². The van der Waals surface area contributed by atoms with Gasteiger partial charge < -0.3 is 10.2 Å². The molecular weight excluding hydrogens is 265 g/mol. The first kappa shape index (κ1) is 14.6. The summed E-state index contributed by atoms with van der Waals surface area (Å²) in [5.74, 6) is 0. The summed E-state index contributed by atoms with van der Waals surface area (Å²) in [6.07, 6.45) is 0. The Balaban J connectivity index is 2.22. The van der Waals surface area contributed by atoms with Gasteiger partial charge in [-0.25, -0.2) is 4.39 Å². The Labute approximate surface area is 119 Å². The Morgan fingerprint density at radius 3 is 2.58 bits per heavy atom. The number of anilines is 1. The van der Waals surface area contributed by atoms with Crippen molar-refractivity contribution in [2.24, 2.45) is 0 Å². The molecule has 0 saturated carbocycles.